The van der Waals surface area contributed by atoms with Crippen LogP contribution in [-0.4, -0.2) is 23.8 Å². The van der Waals surface area contributed by atoms with Crippen molar-refractivity contribution in [2.75, 3.05) is 0 Å². The zero-order valence-corrected chi connectivity index (χ0v) is 9.89. The van der Waals surface area contributed by atoms with Crippen molar-refractivity contribution in [3.63, 3.8) is 0 Å². The van der Waals surface area contributed by atoms with Gasteiger partial charge in [-0.2, -0.15) is 13.2 Å². The van der Waals surface area contributed by atoms with Gasteiger partial charge in [0.05, 0.1) is 5.92 Å². The first-order valence-electron chi connectivity index (χ1n) is 5.04. The largest absolute Gasteiger partial charge is 0.460 e. The number of carbonyl (C=O) groups excluding carboxylic acids is 1. The molecule has 96 valence electrons. The van der Waals surface area contributed by atoms with Crippen LogP contribution in [0.5, 0.6) is 0 Å². The number of alkyl halides is 3. The zero-order chi connectivity index (χ0) is 13.1. The Kier molecular flexibility index (Phi) is 4.79. The Hall–Kier alpha value is -0.780. The van der Waals surface area contributed by atoms with Crippen LogP contribution in [0.3, 0.4) is 0 Å². The number of carbonyl (C=O) groups is 1. The molecule has 0 unspecified atom stereocenters. The lowest BCUT2D eigenvalue weighted by molar-refractivity contribution is -0.183. The second kappa shape index (κ2) is 5.03. The molecule has 0 aliphatic rings. The van der Waals surface area contributed by atoms with Gasteiger partial charge in [-0.1, -0.05) is 6.92 Å². The van der Waals surface area contributed by atoms with Crippen molar-refractivity contribution in [2.24, 2.45) is 11.7 Å². The second-order valence-corrected chi connectivity index (χ2v) is 4.62. The summed E-state index contributed by atoms with van der Waals surface area (Å²) in [6.07, 6.45) is -4.59. The van der Waals surface area contributed by atoms with Gasteiger partial charge in [-0.3, -0.25) is 4.79 Å². The molecule has 2 atom stereocenters. The van der Waals surface area contributed by atoms with E-state index in [1.807, 2.05) is 0 Å². The Morgan fingerprint density at radius 1 is 1.31 bits per heavy atom. The lowest BCUT2D eigenvalue weighted by atomic mass is 9.97. The number of hydrogen-bond acceptors (Lipinski definition) is 3. The summed E-state index contributed by atoms with van der Waals surface area (Å²) in [6, 6.07) is -2.17. The van der Waals surface area contributed by atoms with Crippen LogP contribution < -0.4 is 5.73 Å². The first kappa shape index (κ1) is 15.2. The van der Waals surface area contributed by atoms with Crippen molar-refractivity contribution in [3.8, 4) is 0 Å². The highest BCUT2D eigenvalue weighted by Crippen LogP contribution is 2.27. The topological polar surface area (TPSA) is 52.3 Å². The molecule has 16 heavy (non-hydrogen) atoms. The van der Waals surface area contributed by atoms with Gasteiger partial charge >= 0.3 is 12.1 Å². The number of ether oxygens (including phenoxy) is 1. The van der Waals surface area contributed by atoms with Gasteiger partial charge in [0.2, 0.25) is 0 Å². The van der Waals surface area contributed by atoms with Crippen molar-refractivity contribution in [3.05, 3.63) is 0 Å². The minimum absolute atomic E-state index is 0.00437. The molecule has 0 aromatic carbocycles. The second-order valence-electron chi connectivity index (χ2n) is 4.62. The maximum Gasteiger partial charge on any atom is 0.404 e. The van der Waals surface area contributed by atoms with Crippen LogP contribution in [0.4, 0.5) is 13.2 Å². The molecule has 0 radical (unpaired) electrons. The molecule has 0 aliphatic carbocycles. The maximum atomic E-state index is 12.3. The Bertz CT molecular complexity index is 245. The highest BCUT2D eigenvalue weighted by atomic mass is 19.4. The van der Waals surface area contributed by atoms with Gasteiger partial charge in [-0.15, -0.1) is 0 Å². The predicted octanol–water partition coefficient (Wildman–Crippen LogP) is 2.24. The standard InChI is InChI=1S/C10H18F3NO2/c1-5-6(7(14)10(11,12)13)8(15)16-9(2,3)4/h6-7H,5,14H2,1-4H3/t6-,7-/m0/s1. The van der Waals surface area contributed by atoms with Crippen molar-refractivity contribution in [1.29, 1.82) is 0 Å². The Labute approximate surface area is 93.1 Å². The fourth-order valence-electron chi connectivity index (χ4n) is 1.17. The van der Waals surface area contributed by atoms with Crippen LogP contribution in [0.25, 0.3) is 0 Å². The average molecular weight is 241 g/mol. The molecule has 0 aromatic heterocycles. The van der Waals surface area contributed by atoms with E-state index < -0.39 is 29.7 Å². The van der Waals surface area contributed by atoms with Crippen molar-refractivity contribution in [1.82, 2.24) is 0 Å². The normalized spacial score (nSPS) is 16.8. The number of hydrogen-bond donors (Lipinski definition) is 1. The molecule has 0 spiro atoms. The summed E-state index contributed by atoms with van der Waals surface area (Å²) >= 11 is 0. The third-order valence-corrected chi connectivity index (χ3v) is 1.96. The number of esters is 1. The predicted molar refractivity (Wildman–Crippen MR) is 53.7 cm³/mol. The summed E-state index contributed by atoms with van der Waals surface area (Å²) in [5.41, 5.74) is 4.19. The SMILES string of the molecule is CC[C@H](C(=O)OC(C)(C)C)[C@H](N)C(F)(F)F. The number of halogens is 3. The number of rotatable bonds is 3. The van der Waals surface area contributed by atoms with E-state index in [1.54, 1.807) is 20.8 Å². The van der Waals surface area contributed by atoms with Gasteiger partial charge in [0.15, 0.2) is 0 Å². The quantitative estimate of drug-likeness (QED) is 0.771. The van der Waals surface area contributed by atoms with Crippen LogP contribution >= 0.6 is 0 Å². The molecule has 2 N–H and O–H groups in total. The summed E-state index contributed by atoms with van der Waals surface area (Å²) in [5, 5.41) is 0. The van der Waals surface area contributed by atoms with Gasteiger partial charge in [-0.25, -0.2) is 0 Å². The van der Waals surface area contributed by atoms with E-state index in [1.165, 1.54) is 6.92 Å². The molecule has 0 heterocycles. The van der Waals surface area contributed by atoms with E-state index in [-0.39, 0.29) is 6.42 Å². The fourth-order valence-corrected chi connectivity index (χ4v) is 1.17. The van der Waals surface area contributed by atoms with E-state index in [0.29, 0.717) is 0 Å². The third kappa shape index (κ3) is 4.83. The molecule has 0 rings (SSSR count). The number of nitrogens with two attached hydrogens (primary N) is 1. The summed E-state index contributed by atoms with van der Waals surface area (Å²) in [7, 11) is 0. The van der Waals surface area contributed by atoms with Crippen molar-refractivity contribution < 1.29 is 22.7 Å². The molecule has 0 bridgehead atoms. The average Bonchev–Trinajstić information content (AvgIpc) is 1.99. The summed E-state index contributed by atoms with van der Waals surface area (Å²) < 4.78 is 41.9. The molecule has 3 nitrogen and oxygen atoms in total. The van der Waals surface area contributed by atoms with E-state index in [0.717, 1.165) is 0 Å². The molecule has 0 saturated carbocycles. The molecule has 0 aliphatic heterocycles. The van der Waals surface area contributed by atoms with Gasteiger partial charge in [0.1, 0.15) is 11.6 Å². The van der Waals surface area contributed by atoms with Crippen LogP contribution in [0.1, 0.15) is 34.1 Å². The molecule has 0 aromatic rings. The fraction of sp³-hybridized carbons (Fsp3) is 0.900. The van der Waals surface area contributed by atoms with Crippen molar-refractivity contribution >= 4 is 5.97 Å². The highest BCUT2D eigenvalue weighted by Gasteiger charge is 2.45. The summed E-state index contributed by atoms with van der Waals surface area (Å²) in [5.74, 6) is -2.25. The molecule has 6 heteroatoms. The first-order valence-corrected chi connectivity index (χ1v) is 5.04. The van der Waals surface area contributed by atoms with E-state index in [9.17, 15) is 18.0 Å². The Balaban J connectivity index is 4.69. The first-order chi connectivity index (χ1) is 6.99. The van der Waals surface area contributed by atoms with Crippen LogP contribution in [-0.2, 0) is 9.53 Å². The van der Waals surface area contributed by atoms with E-state index >= 15 is 0 Å². The third-order valence-electron chi connectivity index (χ3n) is 1.96. The molecule has 0 amide bonds. The van der Waals surface area contributed by atoms with E-state index in [2.05, 4.69) is 0 Å². The molecular formula is C10H18F3NO2. The summed E-state index contributed by atoms with van der Waals surface area (Å²) in [4.78, 5) is 11.5. The van der Waals surface area contributed by atoms with Crippen LogP contribution in [0.2, 0.25) is 0 Å². The van der Waals surface area contributed by atoms with Gasteiger partial charge in [0, 0.05) is 0 Å². The molecule has 0 saturated heterocycles. The van der Waals surface area contributed by atoms with Gasteiger partial charge in [0.25, 0.3) is 0 Å². The molecule has 0 fully saturated rings. The van der Waals surface area contributed by atoms with Gasteiger partial charge < -0.3 is 10.5 Å². The zero-order valence-electron chi connectivity index (χ0n) is 9.89. The Morgan fingerprint density at radius 2 is 1.75 bits per heavy atom. The monoisotopic (exact) mass is 241 g/mol. The minimum atomic E-state index is -4.59. The summed E-state index contributed by atoms with van der Waals surface area (Å²) in [6.45, 7) is 6.25. The van der Waals surface area contributed by atoms with Crippen molar-refractivity contribution in [2.45, 2.75) is 51.9 Å². The smallest absolute Gasteiger partial charge is 0.404 e. The lowest BCUT2D eigenvalue weighted by Gasteiger charge is -2.27. The van der Waals surface area contributed by atoms with Crippen LogP contribution in [0.15, 0.2) is 0 Å². The molecular weight excluding hydrogens is 223 g/mol. The van der Waals surface area contributed by atoms with Crippen LogP contribution in [0, 0.1) is 5.92 Å². The maximum absolute atomic E-state index is 12.3. The van der Waals surface area contributed by atoms with Gasteiger partial charge in [-0.05, 0) is 27.2 Å². The highest BCUT2D eigenvalue weighted by molar-refractivity contribution is 5.73. The Morgan fingerprint density at radius 3 is 2.00 bits per heavy atom. The minimum Gasteiger partial charge on any atom is -0.460 e. The van der Waals surface area contributed by atoms with E-state index in [4.69, 9.17) is 10.5 Å². The lowest BCUT2D eigenvalue weighted by Crippen LogP contribution is -2.48.